The highest BCUT2D eigenvalue weighted by molar-refractivity contribution is 6.03. The minimum absolute atomic E-state index is 0.00874. The van der Waals surface area contributed by atoms with Gasteiger partial charge in [0.05, 0.1) is 12.0 Å². The van der Waals surface area contributed by atoms with E-state index in [0.29, 0.717) is 29.8 Å². The van der Waals surface area contributed by atoms with Crippen molar-refractivity contribution in [3.8, 4) is 5.75 Å². The lowest BCUT2D eigenvalue weighted by Gasteiger charge is -2.31. The number of hydrogen-bond acceptors (Lipinski definition) is 3. The molecule has 2 aromatic carbocycles. The van der Waals surface area contributed by atoms with Gasteiger partial charge in [-0.2, -0.15) is 0 Å². The zero-order chi connectivity index (χ0) is 17.3. The molecular weight excluding hydrogens is 302 g/mol. The molecule has 0 spiro atoms. The van der Waals surface area contributed by atoms with E-state index in [0.717, 1.165) is 5.56 Å². The Hall–Kier alpha value is -2.62. The number of benzene rings is 2. The van der Waals surface area contributed by atoms with E-state index < -0.39 is 5.60 Å². The molecule has 0 aliphatic carbocycles. The predicted octanol–water partition coefficient (Wildman–Crippen LogP) is 3.67. The van der Waals surface area contributed by atoms with Crippen LogP contribution < -0.4 is 10.1 Å². The number of rotatable bonds is 3. The van der Waals surface area contributed by atoms with E-state index >= 15 is 0 Å². The van der Waals surface area contributed by atoms with Gasteiger partial charge in [0.25, 0.3) is 5.91 Å². The van der Waals surface area contributed by atoms with Gasteiger partial charge in [0.1, 0.15) is 11.4 Å². The van der Waals surface area contributed by atoms with Gasteiger partial charge in [-0.05, 0) is 44.5 Å². The summed E-state index contributed by atoms with van der Waals surface area (Å²) in [6.07, 6.45) is 0.314. The van der Waals surface area contributed by atoms with Gasteiger partial charge in [-0.3, -0.25) is 9.59 Å². The molecule has 3 rings (SSSR count). The van der Waals surface area contributed by atoms with E-state index in [1.807, 2.05) is 45.0 Å². The highest BCUT2D eigenvalue weighted by Crippen LogP contribution is 2.33. The van der Waals surface area contributed by atoms with Crippen molar-refractivity contribution < 1.29 is 14.3 Å². The first-order valence-corrected chi connectivity index (χ1v) is 8.04. The highest BCUT2D eigenvalue weighted by atomic mass is 16.5. The Labute approximate surface area is 141 Å². The summed E-state index contributed by atoms with van der Waals surface area (Å²) in [5.41, 5.74) is 2.67. The number of amides is 1. The van der Waals surface area contributed by atoms with Crippen LogP contribution in [0, 0.1) is 6.92 Å². The number of hydrogen-bond donors (Lipinski definition) is 1. The minimum Gasteiger partial charge on any atom is -0.487 e. The largest absolute Gasteiger partial charge is 0.487 e. The number of aryl methyl sites for hydroxylation is 1. The Balaban J connectivity index is 1.73. The molecule has 0 bridgehead atoms. The fraction of sp³-hybridized carbons (Fsp3) is 0.300. The zero-order valence-electron chi connectivity index (χ0n) is 14.2. The van der Waals surface area contributed by atoms with Crippen LogP contribution >= 0.6 is 0 Å². The molecule has 0 radical (unpaired) electrons. The summed E-state index contributed by atoms with van der Waals surface area (Å²) in [5, 5.41) is 2.88. The number of nitrogens with one attached hydrogen (secondary N) is 1. The first-order chi connectivity index (χ1) is 11.3. The van der Waals surface area contributed by atoms with Crippen LogP contribution in [0.5, 0.6) is 5.75 Å². The van der Waals surface area contributed by atoms with Gasteiger partial charge in [-0.25, -0.2) is 0 Å². The fourth-order valence-electron chi connectivity index (χ4n) is 2.78. The van der Waals surface area contributed by atoms with Crippen molar-refractivity contribution in [1.82, 2.24) is 5.32 Å². The molecule has 1 aliphatic heterocycles. The third kappa shape index (κ3) is 3.48. The van der Waals surface area contributed by atoms with Crippen molar-refractivity contribution >= 4 is 11.7 Å². The molecule has 1 N–H and O–H groups in total. The SMILES string of the molecule is Cc1ccc(CNC(=O)c2ccc3c(c2)C(=O)CC(C)(C)O3)cc1. The highest BCUT2D eigenvalue weighted by Gasteiger charge is 2.32. The maximum Gasteiger partial charge on any atom is 0.251 e. The molecule has 124 valence electrons. The zero-order valence-corrected chi connectivity index (χ0v) is 14.2. The molecule has 0 aromatic heterocycles. The number of ether oxygens (including phenoxy) is 1. The maximum absolute atomic E-state index is 12.3. The molecule has 1 heterocycles. The van der Waals surface area contributed by atoms with Gasteiger partial charge in [0.15, 0.2) is 5.78 Å². The lowest BCUT2D eigenvalue weighted by Crippen LogP contribution is -2.36. The van der Waals surface area contributed by atoms with Crippen molar-refractivity contribution in [3.05, 3.63) is 64.7 Å². The van der Waals surface area contributed by atoms with Crippen LogP contribution in [-0.2, 0) is 6.54 Å². The van der Waals surface area contributed by atoms with Gasteiger partial charge in [-0.1, -0.05) is 29.8 Å². The molecule has 1 aliphatic rings. The molecule has 1 amide bonds. The van der Waals surface area contributed by atoms with Gasteiger partial charge >= 0.3 is 0 Å². The number of Topliss-reactive ketones (excluding diaryl/α,β-unsaturated/α-hetero) is 1. The maximum atomic E-state index is 12.3. The monoisotopic (exact) mass is 323 g/mol. The third-order valence-electron chi connectivity index (χ3n) is 4.09. The Morgan fingerprint density at radius 3 is 2.58 bits per heavy atom. The summed E-state index contributed by atoms with van der Waals surface area (Å²) < 4.78 is 5.81. The van der Waals surface area contributed by atoms with Gasteiger partial charge < -0.3 is 10.1 Å². The quantitative estimate of drug-likeness (QED) is 0.937. The lowest BCUT2D eigenvalue weighted by atomic mass is 9.92. The molecular formula is C20H21NO3. The number of ketones is 1. The number of fused-ring (bicyclic) bond motifs is 1. The average molecular weight is 323 g/mol. The molecule has 0 atom stereocenters. The van der Waals surface area contributed by atoms with Gasteiger partial charge in [0.2, 0.25) is 0 Å². The summed E-state index contributed by atoms with van der Waals surface area (Å²) in [6, 6.07) is 13.0. The topological polar surface area (TPSA) is 55.4 Å². The van der Waals surface area contributed by atoms with Crippen LogP contribution in [0.25, 0.3) is 0 Å². The van der Waals surface area contributed by atoms with Crippen LogP contribution in [0.15, 0.2) is 42.5 Å². The molecule has 0 fully saturated rings. The first kappa shape index (κ1) is 16.2. The van der Waals surface area contributed by atoms with E-state index in [1.165, 1.54) is 5.56 Å². The Bertz CT molecular complexity index is 791. The van der Waals surface area contributed by atoms with Crippen molar-refractivity contribution in [2.45, 2.75) is 39.3 Å². The van der Waals surface area contributed by atoms with E-state index in [1.54, 1.807) is 18.2 Å². The Morgan fingerprint density at radius 1 is 1.17 bits per heavy atom. The third-order valence-corrected chi connectivity index (χ3v) is 4.09. The smallest absolute Gasteiger partial charge is 0.251 e. The van der Waals surface area contributed by atoms with Crippen LogP contribution in [-0.4, -0.2) is 17.3 Å². The van der Waals surface area contributed by atoms with Crippen LogP contribution in [0.1, 0.15) is 52.1 Å². The number of carbonyl (C=O) groups is 2. The molecule has 0 unspecified atom stereocenters. The van der Waals surface area contributed by atoms with E-state index in [2.05, 4.69) is 5.32 Å². The second-order valence-electron chi connectivity index (χ2n) is 6.84. The van der Waals surface area contributed by atoms with E-state index in [4.69, 9.17) is 4.74 Å². The van der Waals surface area contributed by atoms with Crippen molar-refractivity contribution in [3.63, 3.8) is 0 Å². The average Bonchev–Trinajstić information content (AvgIpc) is 2.52. The summed E-state index contributed by atoms with van der Waals surface area (Å²) in [7, 11) is 0. The molecule has 4 heteroatoms. The minimum atomic E-state index is -0.501. The summed E-state index contributed by atoms with van der Waals surface area (Å²) in [4.78, 5) is 24.6. The Morgan fingerprint density at radius 2 is 1.88 bits per heavy atom. The van der Waals surface area contributed by atoms with Crippen LogP contribution in [0.2, 0.25) is 0 Å². The normalized spacial score (nSPS) is 15.4. The summed E-state index contributed by atoms with van der Waals surface area (Å²) >= 11 is 0. The molecule has 2 aromatic rings. The Kier molecular flexibility index (Phi) is 4.14. The molecule has 0 saturated carbocycles. The van der Waals surface area contributed by atoms with Crippen molar-refractivity contribution in [2.24, 2.45) is 0 Å². The lowest BCUT2D eigenvalue weighted by molar-refractivity contribution is 0.0620. The van der Waals surface area contributed by atoms with E-state index in [-0.39, 0.29) is 11.7 Å². The second kappa shape index (κ2) is 6.11. The second-order valence-corrected chi connectivity index (χ2v) is 6.84. The summed E-state index contributed by atoms with van der Waals surface area (Å²) in [5.74, 6) is 0.358. The molecule has 0 saturated heterocycles. The summed E-state index contributed by atoms with van der Waals surface area (Å²) in [6.45, 7) is 6.25. The molecule has 24 heavy (non-hydrogen) atoms. The van der Waals surface area contributed by atoms with E-state index in [9.17, 15) is 9.59 Å². The fourth-order valence-corrected chi connectivity index (χ4v) is 2.78. The number of carbonyl (C=O) groups excluding carboxylic acids is 2. The standard InChI is InChI=1S/C20H21NO3/c1-13-4-6-14(7-5-13)12-21-19(23)15-8-9-18-16(10-15)17(22)11-20(2,3)24-18/h4-10H,11-12H2,1-3H3,(H,21,23). The molecule has 4 nitrogen and oxygen atoms in total. The van der Waals surface area contributed by atoms with Crippen molar-refractivity contribution in [1.29, 1.82) is 0 Å². The first-order valence-electron chi connectivity index (χ1n) is 8.04. The van der Waals surface area contributed by atoms with Crippen LogP contribution in [0.3, 0.4) is 0 Å². The van der Waals surface area contributed by atoms with Crippen LogP contribution in [0.4, 0.5) is 0 Å². The van der Waals surface area contributed by atoms with Gasteiger partial charge in [-0.15, -0.1) is 0 Å². The van der Waals surface area contributed by atoms with Gasteiger partial charge in [0, 0.05) is 12.1 Å². The van der Waals surface area contributed by atoms with Crippen molar-refractivity contribution in [2.75, 3.05) is 0 Å². The predicted molar refractivity (Wildman–Crippen MR) is 92.4 cm³/mol.